The molecule has 9 heteroatoms. The number of nitrogens with zero attached hydrogens (tertiary/aromatic N) is 2. The summed E-state index contributed by atoms with van der Waals surface area (Å²) in [6.45, 7) is 6.28. The molecular formula is C25H24F2N4O3. The van der Waals surface area contributed by atoms with Crippen LogP contribution < -0.4 is 10.9 Å². The van der Waals surface area contributed by atoms with Crippen LogP contribution in [0.25, 0.3) is 16.8 Å². The molecule has 1 amide bonds. The number of carbonyl (C=O) groups excluding carboxylic acids is 1. The molecule has 4 aromatic rings. The molecule has 1 unspecified atom stereocenters. The van der Waals surface area contributed by atoms with Crippen molar-refractivity contribution >= 4 is 11.4 Å². The van der Waals surface area contributed by atoms with Crippen LogP contribution in [0, 0.1) is 25.5 Å². The van der Waals surface area contributed by atoms with Crippen LogP contribution in [0.1, 0.15) is 47.1 Å². The number of halogens is 2. The van der Waals surface area contributed by atoms with Crippen LogP contribution in [0.15, 0.2) is 53.5 Å². The second kappa shape index (κ2) is 8.49. The average Bonchev–Trinajstić information content (AvgIpc) is 3.11. The van der Waals surface area contributed by atoms with Crippen molar-refractivity contribution in [3.63, 3.8) is 0 Å². The van der Waals surface area contributed by atoms with E-state index in [0.29, 0.717) is 27.9 Å². The molecule has 2 heterocycles. The third-order valence-corrected chi connectivity index (χ3v) is 5.75. The molecule has 0 bridgehead atoms. The number of H-pyrrole nitrogens is 1. The summed E-state index contributed by atoms with van der Waals surface area (Å²) in [5, 5.41) is 17.7. The van der Waals surface area contributed by atoms with Gasteiger partial charge in [0.25, 0.3) is 11.5 Å². The van der Waals surface area contributed by atoms with E-state index in [4.69, 9.17) is 0 Å². The maximum Gasteiger partial charge on any atom is 0.274 e. The van der Waals surface area contributed by atoms with Gasteiger partial charge in [-0.15, -0.1) is 0 Å². The Morgan fingerprint density at radius 2 is 1.82 bits per heavy atom. The summed E-state index contributed by atoms with van der Waals surface area (Å²) < 4.78 is 28.7. The lowest BCUT2D eigenvalue weighted by atomic mass is 9.91. The van der Waals surface area contributed by atoms with Gasteiger partial charge >= 0.3 is 0 Å². The fraction of sp³-hybridized carbons (Fsp3) is 0.240. The molecule has 2 aromatic heterocycles. The molecule has 176 valence electrons. The summed E-state index contributed by atoms with van der Waals surface area (Å²) in [6.07, 6.45) is 1.51. The number of rotatable bonds is 5. The Bertz CT molecular complexity index is 1450. The maximum atomic E-state index is 14.0. The Balaban J connectivity index is 1.73. The molecule has 0 radical (unpaired) electrons. The zero-order valence-electron chi connectivity index (χ0n) is 19.1. The highest BCUT2D eigenvalue weighted by Gasteiger charge is 2.32. The lowest BCUT2D eigenvalue weighted by molar-refractivity contribution is 0.0342. The molecule has 2 aromatic carbocycles. The Labute approximate surface area is 194 Å². The van der Waals surface area contributed by atoms with Gasteiger partial charge in [-0.05, 0) is 57.0 Å². The van der Waals surface area contributed by atoms with Gasteiger partial charge in [0.05, 0.1) is 23.5 Å². The Kier molecular flexibility index (Phi) is 5.82. The van der Waals surface area contributed by atoms with E-state index in [1.54, 1.807) is 26.0 Å². The quantitative estimate of drug-likeness (QED) is 0.416. The molecular weight excluding hydrogens is 442 g/mol. The summed E-state index contributed by atoms with van der Waals surface area (Å²) >= 11 is 0. The highest BCUT2D eigenvalue weighted by molar-refractivity contribution is 5.96. The van der Waals surface area contributed by atoms with Gasteiger partial charge in [0.2, 0.25) is 0 Å². The van der Waals surface area contributed by atoms with E-state index in [0.717, 1.165) is 0 Å². The van der Waals surface area contributed by atoms with E-state index in [-0.39, 0.29) is 11.2 Å². The fourth-order valence-electron chi connectivity index (χ4n) is 3.87. The van der Waals surface area contributed by atoms with Crippen LogP contribution in [0.2, 0.25) is 0 Å². The molecule has 0 fully saturated rings. The van der Waals surface area contributed by atoms with Gasteiger partial charge in [0.15, 0.2) is 5.69 Å². The minimum absolute atomic E-state index is 0.00546. The van der Waals surface area contributed by atoms with E-state index in [1.165, 1.54) is 54.9 Å². The molecule has 34 heavy (non-hydrogen) atoms. The highest BCUT2D eigenvalue weighted by atomic mass is 19.1. The van der Waals surface area contributed by atoms with Crippen molar-refractivity contribution in [2.75, 3.05) is 0 Å². The van der Waals surface area contributed by atoms with Crippen LogP contribution in [0.5, 0.6) is 0 Å². The minimum Gasteiger partial charge on any atom is -0.388 e. The van der Waals surface area contributed by atoms with E-state index < -0.39 is 34.7 Å². The van der Waals surface area contributed by atoms with Gasteiger partial charge in [-0.2, -0.15) is 5.10 Å². The zero-order valence-corrected chi connectivity index (χ0v) is 19.1. The third-order valence-electron chi connectivity index (χ3n) is 5.75. The molecule has 7 nitrogen and oxygen atoms in total. The first-order chi connectivity index (χ1) is 16.0. The molecule has 0 aliphatic rings. The van der Waals surface area contributed by atoms with E-state index >= 15 is 0 Å². The van der Waals surface area contributed by atoms with Gasteiger partial charge in [-0.1, -0.05) is 24.3 Å². The smallest absolute Gasteiger partial charge is 0.274 e. The highest BCUT2D eigenvalue weighted by Crippen LogP contribution is 2.27. The third kappa shape index (κ3) is 4.34. The maximum absolute atomic E-state index is 14.0. The monoisotopic (exact) mass is 466 g/mol. The molecule has 0 saturated carbocycles. The van der Waals surface area contributed by atoms with Crippen molar-refractivity contribution in [2.45, 2.75) is 39.3 Å². The molecule has 1 atom stereocenters. The van der Waals surface area contributed by atoms with Gasteiger partial charge < -0.3 is 15.4 Å². The second-order valence-corrected chi connectivity index (χ2v) is 8.84. The number of aromatic amines is 1. The largest absolute Gasteiger partial charge is 0.388 e. The number of fused-ring (bicyclic) bond motifs is 1. The number of carbonyl (C=O) groups is 1. The van der Waals surface area contributed by atoms with E-state index in [9.17, 15) is 23.5 Å². The van der Waals surface area contributed by atoms with Gasteiger partial charge in [-0.3, -0.25) is 9.59 Å². The summed E-state index contributed by atoms with van der Waals surface area (Å²) in [4.78, 5) is 28.7. The van der Waals surface area contributed by atoms with E-state index in [2.05, 4.69) is 15.4 Å². The first-order valence-electron chi connectivity index (χ1n) is 10.6. The van der Waals surface area contributed by atoms with Crippen molar-refractivity contribution in [3.05, 3.63) is 93.0 Å². The topological polar surface area (TPSA) is 99.5 Å². The predicted octanol–water partition coefficient (Wildman–Crippen LogP) is 3.83. The summed E-state index contributed by atoms with van der Waals surface area (Å²) in [6, 6.07) is 9.17. The predicted molar refractivity (Wildman–Crippen MR) is 124 cm³/mol. The normalized spacial score (nSPS) is 12.7. The number of hydrogen-bond acceptors (Lipinski definition) is 4. The van der Waals surface area contributed by atoms with Gasteiger partial charge in [0.1, 0.15) is 17.2 Å². The summed E-state index contributed by atoms with van der Waals surface area (Å²) in [7, 11) is 0. The van der Waals surface area contributed by atoms with Crippen LogP contribution in [-0.2, 0) is 0 Å². The Morgan fingerprint density at radius 3 is 2.44 bits per heavy atom. The molecule has 0 spiro atoms. The van der Waals surface area contributed by atoms with Crippen molar-refractivity contribution in [3.8, 4) is 11.3 Å². The molecule has 4 rings (SSSR count). The van der Waals surface area contributed by atoms with Gasteiger partial charge in [0, 0.05) is 11.1 Å². The first-order valence-corrected chi connectivity index (χ1v) is 10.6. The SMILES string of the molecule is Cc1ccc(-c2cn3nc(C(=O)NC(c4ccc(F)cc4)C(C)(C)O)c(C)c3c(=O)[nH]2)cc1F. The van der Waals surface area contributed by atoms with Crippen LogP contribution in [-0.4, -0.2) is 31.2 Å². The number of benzene rings is 2. The molecule has 3 N–H and O–H groups in total. The first kappa shape index (κ1) is 23.3. The van der Waals surface area contributed by atoms with Crippen LogP contribution in [0.4, 0.5) is 8.78 Å². The molecule has 0 aliphatic heterocycles. The minimum atomic E-state index is -1.37. The van der Waals surface area contributed by atoms with Crippen molar-refractivity contribution in [2.24, 2.45) is 0 Å². The summed E-state index contributed by atoms with van der Waals surface area (Å²) in [5.41, 5.74) is 0.423. The number of aromatic nitrogens is 3. The standard InChI is InChI=1S/C25H24F2N4O3/c1-13-5-6-16(11-18(13)27)19-12-31-21(24(33)28-19)14(2)20(30-31)23(32)29-22(25(3,4)34)15-7-9-17(26)10-8-15/h5-12,22,34H,1-4H3,(H,28,33)(H,29,32). The number of aliphatic hydroxyl groups is 1. The number of amides is 1. The van der Waals surface area contributed by atoms with Gasteiger partial charge in [-0.25, -0.2) is 13.3 Å². The molecule has 0 saturated heterocycles. The fourth-order valence-corrected chi connectivity index (χ4v) is 3.87. The summed E-state index contributed by atoms with van der Waals surface area (Å²) in [5.74, 6) is -1.46. The lowest BCUT2D eigenvalue weighted by Crippen LogP contribution is -2.42. The number of nitrogens with one attached hydrogen (secondary N) is 2. The molecule has 0 aliphatic carbocycles. The Hall–Kier alpha value is -3.85. The average molecular weight is 466 g/mol. The van der Waals surface area contributed by atoms with Crippen molar-refractivity contribution in [1.29, 1.82) is 0 Å². The second-order valence-electron chi connectivity index (χ2n) is 8.84. The van der Waals surface area contributed by atoms with Crippen LogP contribution >= 0.6 is 0 Å². The van der Waals surface area contributed by atoms with Crippen molar-refractivity contribution < 1.29 is 18.7 Å². The zero-order chi connectivity index (χ0) is 24.8. The van der Waals surface area contributed by atoms with E-state index in [1.807, 2.05) is 0 Å². The number of aryl methyl sites for hydroxylation is 2. The van der Waals surface area contributed by atoms with Crippen molar-refractivity contribution in [1.82, 2.24) is 19.9 Å². The Morgan fingerprint density at radius 1 is 1.15 bits per heavy atom. The number of hydrogen-bond donors (Lipinski definition) is 3. The van der Waals surface area contributed by atoms with Crippen LogP contribution in [0.3, 0.4) is 0 Å². The lowest BCUT2D eigenvalue weighted by Gasteiger charge is -2.30.